The molecule has 0 fully saturated rings. The lowest BCUT2D eigenvalue weighted by Crippen LogP contribution is -2.13. The molecule has 4 nitrogen and oxygen atoms in total. The summed E-state index contributed by atoms with van der Waals surface area (Å²) < 4.78 is 6.41. The van der Waals surface area contributed by atoms with Crippen LogP contribution in [-0.2, 0) is 9.53 Å². The minimum Gasteiger partial charge on any atom is -0.469 e. The van der Waals surface area contributed by atoms with Gasteiger partial charge in [0, 0.05) is 30.6 Å². The second-order valence-electron chi connectivity index (χ2n) is 3.47. The van der Waals surface area contributed by atoms with Crippen molar-refractivity contribution < 1.29 is 9.53 Å². The number of hydrogen-bond acceptors (Lipinski definition) is 5. The molecule has 0 atom stereocenters. The van der Waals surface area contributed by atoms with Crippen LogP contribution < -0.4 is 5.73 Å². The fourth-order valence-electron chi connectivity index (χ4n) is 1.03. The topological polar surface area (TPSA) is 55.6 Å². The van der Waals surface area contributed by atoms with Gasteiger partial charge in [0.2, 0.25) is 0 Å². The van der Waals surface area contributed by atoms with Crippen molar-refractivity contribution in [3.05, 3.63) is 24.3 Å². The zero-order valence-electron chi connectivity index (χ0n) is 11.5. The van der Waals surface area contributed by atoms with E-state index in [0.717, 1.165) is 18.8 Å². The molecule has 1 aromatic carbocycles. The van der Waals surface area contributed by atoms with E-state index in [1.165, 1.54) is 18.9 Å². The van der Waals surface area contributed by atoms with Gasteiger partial charge >= 0.3 is 5.97 Å². The molecule has 1 aromatic rings. The zero-order chi connectivity index (χ0) is 14.0. The van der Waals surface area contributed by atoms with E-state index >= 15 is 0 Å². The van der Waals surface area contributed by atoms with Crippen LogP contribution in [0.4, 0.5) is 5.69 Å². The Bertz CT molecular complexity index is 337. The van der Waals surface area contributed by atoms with Crippen molar-refractivity contribution in [2.45, 2.75) is 25.7 Å². The van der Waals surface area contributed by atoms with E-state index in [4.69, 9.17) is 5.73 Å². The monoisotopic (exact) mass is 270 g/mol. The number of methoxy groups -OCH3 is 1. The van der Waals surface area contributed by atoms with Crippen molar-refractivity contribution >= 4 is 23.6 Å². The molecule has 0 heterocycles. The zero-order valence-corrected chi connectivity index (χ0v) is 12.3. The molecule has 0 aromatic heterocycles. The van der Waals surface area contributed by atoms with E-state index in [2.05, 4.69) is 35.0 Å². The smallest absolute Gasteiger partial charge is 0.302 e. The highest BCUT2D eigenvalue weighted by atomic mass is 32.2. The molecule has 0 spiro atoms. The number of nitrogens with two attached hydrogens (primary N) is 1. The number of esters is 1. The third-order valence-electron chi connectivity index (χ3n) is 2.11. The average molecular weight is 270 g/mol. The molecule has 1 rings (SSSR count). The largest absolute Gasteiger partial charge is 0.469 e. The molecule has 2 N–H and O–H groups in total. The van der Waals surface area contributed by atoms with Gasteiger partial charge in [-0.2, -0.15) is 0 Å². The Morgan fingerprint density at radius 3 is 2.06 bits per heavy atom. The summed E-state index contributed by atoms with van der Waals surface area (Å²) in [6, 6.07) is 7.98. The summed E-state index contributed by atoms with van der Waals surface area (Å²) in [5.74, 6) is -0.245. The SMILES string of the molecule is CCN(CC)Sc1ccc(N)cc1.COC(C)=O. The van der Waals surface area contributed by atoms with Crippen LogP contribution in [0.2, 0.25) is 0 Å². The highest BCUT2D eigenvalue weighted by Gasteiger charge is 2.00. The fraction of sp³-hybridized carbons (Fsp3) is 0.462. The van der Waals surface area contributed by atoms with Crippen molar-refractivity contribution in [3.63, 3.8) is 0 Å². The Labute approximate surface area is 114 Å². The van der Waals surface area contributed by atoms with Gasteiger partial charge in [0.05, 0.1) is 7.11 Å². The van der Waals surface area contributed by atoms with Crippen LogP contribution in [0.3, 0.4) is 0 Å². The molecule has 0 aliphatic carbocycles. The van der Waals surface area contributed by atoms with E-state index < -0.39 is 0 Å². The molecule has 0 amide bonds. The van der Waals surface area contributed by atoms with E-state index in [-0.39, 0.29) is 5.97 Å². The van der Waals surface area contributed by atoms with Crippen LogP contribution in [0.5, 0.6) is 0 Å². The normalized spacial score (nSPS) is 9.61. The molecule has 5 heteroatoms. The number of rotatable bonds is 4. The molecular formula is C13H22N2O2S. The van der Waals surface area contributed by atoms with Crippen LogP contribution in [0.25, 0.3) is 0 Å². The van der Waals surface area contributed by atoms with Gasteiger partial charge in [-0.1, -0.05) is 13.8 Å². The maximum absolute atomic E-state index is 9.59. The van der Waals surface area contributed by atoms with Crippen LogP contribution in [0.15, 0.2) is 29.2 Å². The van der Waals surface area contributed by atoms with Crippen molar-refractivity contribution in [2.75, 3.05) is 25.9 Å². The Morgan fingerprint density at radius 2 is 1.72 bits per heavy atom. The van der Waals surface area contributed by atoms with Gasteiger partial charge < -0.3 is 10.5 Å². The van der Waals surface area contributed by atoms with Gasteiger partial charge in [-0.05, 0) is 36.2 Å². The maximum Gasteiger partial charge on any atom is 0.302 e. The van der Waals surface area contributed by atoms with Crippen molar-refractivity contribution in [1.29, 1.82) is 0 Å². The second kappa shape index (κ2) is 9.79. The summed E-state index contributed by atoms with van der Waals surface area (Å²) >= 11 is 1.78. The van der Waals surface area contributed by atoms with Crippen molar-refractivity contribution in [1.82, 2.24) is 4.31 Å². The number of nitrogen functional groups attached to an aromatic ring is 1. The van der Waals surface area contributed by atoms with Crippen molar-refractivity contribution in [3.8, 4) is 0 Å². The highest BCUT2D eigenvalue weighted by Crippen LogP contribution is 2.22. The minimum absolute atomic E-state index is 0.245. The number of nitrogens with zero attached hydrogens (tertiary/aromatic N) is 1. The molecule has 102 valence electrons. The molecule has 0 bridgehead atoms. The van der Waals surface area contributed by atoms with Crippen LogP contribution in [0.1, 0.15) is 20.8 Å². The number of benzene rings is 1. The Morgan fingerprint density at radius 1 is 1.28 bits per heavy atom. The summed E-state index contributed by atoms with van der Waals surface area (Å²) in [5.41, 5.74) is 6.42. The van der Waals surface area contributed by atoms with Gasteiger partial charge in [0.15, 0.2) is 0 Å². The second-order valence-corrected chi connectivity index (χ2v) is 4.64. The first-order valence-corrected chi connectivity index (χ1v) is 6.63. The first-order valence-electron chi connectivity index (χ1n) is 5.86. The lowest BCUT2D eigenvalue weighted by molar-refractivity contribution is -0.137. The number of carbonyl (C=O) groups is 1. The molecule has 0 aliphatic rings. The van der Waals surface area contributed by atoms with Crippen LogP contribution in [0, 0.1) is 0 Å². The first kappa shape index (κ1) is 16.8. The van der Waals surface area contributed by atoms with Gasteiger partial charge in [-0.15, -0.1) is 0 Å². The summed E-state index contributed by atoms with van der Waals surface area (Å²) in [6.07, 6.45) is 0. The fourth-order valence-corrected chi connectivity index (χ4v) is 1.84. The Hall–Kier alpha value is -1.20. The van der Waals surface area contributed by atoms with Gasteiger partial charge in [0.25, 0.3) is 0 Å². The van der Waals surface area contributed by atoms with E-state index in [9.17, 15) is 4.79 Å². The van der Waals surface area contributed by atoms with Gasteiger partial charge in [0.1, 0.15) is 0 Å². The Balaban J connectivity index is 0.000000494. The maximum atomic E-state index is 9.59. The van der Waals surface area contributed by atoms with Gasteiger partial charge in [-0.3, -0.25) is 4.79 Å². The van der Waals surface area contributed by atoms with Gasteiger partial charge in [-0.25, -0.2) is 4.31 Å². The highest BCUT2D eigenvalue weighted by molar-refractivity contribution is 7.97. The van der Waals surface area contributed by atoms with Crippen LogP contribution >= 0.6 is 11.9 Å². The molecular weight excluding hydrogens is 248 g/mol. The summed E-state index contributed by atoms with van der Waals surface area (Å²) in [5, 5.41) is 0. The average Bonchev–Trinajstić information content (AvgIpc) is 2.38. The molecule has 18 heavy (non-hydrogen) atoms. The minimum atomic E-state index is -0.245. The third kappa shape index (κ3) is 7.97. The van der Waals surface area contributed by atoms with E-state index in [1.807, 2.05) is 12.1 Å². The van der Waals surface area contributed by atoms with Crippen molar-refractivity contribution in [2.24, 2.45) is 0 Å². The quantitative estimate of drug-likeness (QED) is 0.518. The number of carbonyl (C=O) groups excluding carboxylic acids is 1. The lowest BCUT2D eigenvalue weighted by atomic mass is 10.3. The predicted molar refractivity (Wildman–Crippen MR) is 77.3 cm³/mol. The van der Waals surface area contributed by atoms with E-state index in [0.29, 0.717) is 0 Å². The molecule has 0 saturated heterocycles. The van der Waals surface area contributed by atoms with E-state index in [1.54, 1.807) is 11.9 Å². The standard InChI is InChI=1S/C10H16N2S.C3H6O2/c1-3-12(4-2)13-10-7-5-9(11)6-8-10;1-3(4)5-2/h5-8H,3-4,11H2,1-2H3;1-2H3. The summed E-state index contributed by atoms with van der Waals surface area (Å²) in [7, 11) is 1.35. The third-order valence-corrected chi connectivity index (χ3v) is 3.37. The number of hydrogen-bond donors (Lipinski definition) is 1. The molecule has 0 unspecified atom stereocenters. The molecule has 0 saturated carbocycles. The molecule has 0 aliphatic heterocycles. The predicted octanol–water partition coefficient (Wildman–Crippen LogP) is 2.80. The van der Waals surface area contributed by atoms with Crippen LogP contribution in [-0.4, -0.2) is 30.5 Å². The first-order chi connectivity index (χ1) is 8.53. The number of ether oxygens (including phenoxy) is 1. The summed E-state index contributed by atoms with van der Waals surface area (Å²) in [6.45, 7) is 7.80. The molecule has 0 radical (unpaired) electrons. The summed E-state index contributed by atoms with van der Waals surface area (Å²) in [4.78, 5) is 10.8. The Kier molecular flexibility index (Phi) is 9.14. The lowest BCUT2D eigenvalue weighted by Gasteiger charge is -2.16. The number of anilines is 1.